The van der Waals surface area contributed by atoms with Gasteiger partial charge in [-0.25, -0.2) is 9.59 Å². The van der Waals surface area contributed by atoms with Gasteiger partial charge in [0, 0.05) is 12.7 Å². The maximum atomic E-state index is 10.8. The molecule has 0 unspecified atom stereocenters. The highest BCUT2D eigenvalue weighted by atomic mass is 16.4. The van der Waals surface area contributed by atoms with Gasteiger partial charge >= 0.3 is 11.4 Å². The molecule has 0 saturated carbocycles. The molecule has 4 nitrogen and oxygen atoms in total. The average Bonchev–Trinajstić information content (AvgIpc) is 1.97. The Morgan fingerprint density at radius 1 is 1.27 bits per heavy atom. The number of rotatable bonds is 0. The second kappa shape index (κ2) is 2.38. The van der Waals surface area contributed by atoms with E-state index >= 15 is 0 Å². The normalized spacial score (nSPS) is 10.1. The van der Waals surface area contributed by atoms with E-state index in [0.717, 1.165) is 0 Å². The number of aromatic nitrogens is 1. The van der Waals surface area contributed by atoms with Gasteiger partial charge in [-0.15, -0.1) is 0 Å². The molecule has 0 aromatic carbocycles. The van der Waals surface area contributed by atoms with Crippen LogP contribution in [0.25, 0.3) is 0 Å². The monoisotopic (exact) mass is 155 g/mol. The highest BCUT2D eigenvalue weighted by molar-refractivity contribution is 5.11. The summed E-state index contributed by atoms with van der Waals surface area (Å²) in [6.07, 6.45) is 0. The molecule has 4 heteroatoms. The van der Waals surface area contributed by atoms with Crippen molar-refractivity contribution in [2.75, 3.05) is 0 Å². The van der Waals surface area contributed by atoms with Crippen molar-refractivity contribution in [2.45, 2.75) is 13.8 Å². The first-order valence-corrected chi connectivity index (χ1v) is 3.21. The second-order valence-electron chi connectivity index (χ2n) is 2.42. The fourth-order valence-electron chi connectivity index (χ4n) is 0.761. The number of nitrogens with zero attached hydrogens (tertiary/aromatic N) is 1. The lowest BCUT2D eigenvalue weighted by atomic mass is 10.3. The van der Waals surface area contributed by atoms with Crippen LogP contribution < -0.4 is 11.4 Å². The largest absolute Gasteiger partial charge is 0.421 e. The molecular weight excluding hydrogens is 146 g/mol. The lowest BCUT2D eigenvalue weighted by molar-refractivity contribution is 0.408. The van der Waals surface area contributed by atoms with E-state index in [1.165, 1.54) is 4.57 Å². The molecule has 0 fully saturated rings. The Morgan fingerprint density at radius 2 is 1.82 bits per heavy atom. The molecule has 0 bridgehead atoms. The Morgan fingerprint density at radius 3 is 2.36 bits per heavy atom. The zero-order valence-electron chi connectivity index (χ0n) is 6.67. The lowest BCUT2D eigenvalue weighted by Gasteiger charge is -2.01. The first-order chi connectivity index (χ1) is 5.04. The summed E-state index contributed by atoms with van der Waals surface area (Å²) >= 11 is 0. The van der Waals surface area contributed by atoms with Crippen LogP contribution in [-0.2, 0) is 7.05 Å². The van der Waals surface area contributed by atoms with Gasteiger partial charge in [-0.3, -0.25) is 4.57 Å². The molecular formula is C7H9NO3. The summed E-state index contributed by atoms with van der Waals surface area (Å²) < 4.78 is 5.67. The van der Waals surface area contributed by atoms with Crippen molar-refractivity contribution in [1.29, 1.82) is 0 Å². The molecule has 0 radical (unpaired) electrons. The summed E-state index contributed by atoms with van der Waals surface area (Å²) in [7, 11) is 1.56. The molecule has 60 valence electrons. The summed E-state index contributed by atoms with van der Waals surface area (Å²) in [4.78, 5) is 21.6. The van der Waals surface area contributed by atoms with Gasteiger partial charge in [0.1, 0.15) is 0 Å². The van der Waals surface area contributed by atoms with E-state index in [1.807, 2.05) is 0 Å². The van der Waals surface area contributed by atoms with Gasteiger partial charge in [0.2, 0.25) is 0 Å². The Hall–Kier alpha value is -1.32. The van der Waals surface area contributed by atoms with Gasteiger partial charge in [-0.1, -0.05) is 0 Å². The molecule has 1 aromatic rings. The zero-order chi connectivity index (χ0) is 8.59. The average molecular weight is 155 g/mol. The smallest absolute Gasteiger partial charge is 0.372 e. The highest BCUT2D eigenvalue weighted by Crippen LogP contribution is 1.93. The SMILES string of the molecule is Cc1c(C)n(C)c(=O)oc1=O. The molecule has 0 atom stereocenters. The predicted molar refractivity (Wildman–Crippen MR) is 39.7 cm³/mol. The maximum Gasteiger partial charge on any atom is 0.421 e. The first-order valence-electron chi connectivity index (χ1n) is 3.21. The molecule has 0 amide bonds. The Labute approximate surface area is 63.1 Å². The fraction of sp³-hybridized carbons (Fsp3) is 0.429. The van der Waals surface area contributed by atoms with Crippen LogP contribution in [0, 0.1) is 13.8 Å². The minimum Gasteiger partial charge on any atom is -0.372 e. The second-order valence-corrected chi connectivity index (χ2v) is 2.42. The molecule has 0 aliphatic heterocycles. The van der Waals surface area contributed by atoms with Gasteiger partial charge in [0.15, 0.2) is 0 Å². The van der Waals surface area contributed by atoms with Crippen molar-refractivity contribution in [2.24, 2.45) is 7.05 Å². The van der Waals surface area contributed by atoms with E-state index in [1.54, 1.807) is 20.9 Å². The van der Waals surface area contributed by atoms with Crippen molar-refractivity contribution in [3.8, 4) is 0 Å². The van der Waals surface area contributed by atoms with Crippen LogP contribution in [0.5, 0.6) is 0 Å². The molecule has 1 rings (SSSR count). The summed E-state index contributed by atoms with van der Waals surface area (Å²) in [6.45, 7) is 3.33. The summed E-state index contributed by atoms with van der Waals surface area (Å²) in [6, 6.07) is 0. The van der Waals surface area contributed by atoms with E-state index < -0.39 is 11.4 Å². The van der Waals surface area contributed by atoms with Crippen molar-refractivity contribution in [1.82, 2.24) is 4.57 Å². The van der Waals surface area contributed by atoms with Crippen molar-refractivity contribution in [3.63, 3.8) is 0 Å². The highest BCUT2D eigenvalue weighted by Gasteiger charge is 2.04. The van der Waals surface area contributed by atoms with Crippen LogP contribution >= 0.6 is 0 Å². The van der Waals surface area contributed by atoms with Crippen molar-refractivity contribution in [3.05, 3.63) is 32.2 Å². The fourth-order valence-corrected chi connectivity index (χ4v) is 0.761. The van der Waals surface area contributed by atoms with E-state index in [-0.39, 0.29) is 0 Å². The summed E-state index contributed by atoms with van der Waals surface area (Å²) in [5.41, 5.74) is 0.573. The first kappa shape index (κ1) is 7.78. The zero-order valence-corrected chi connectivity index (χ0v) is 6.67. The third-order valence-corrected chi connectivity index (χ3v) is 1.81. The van der Waals surface area contributed by atoms with Gasteiger partial charge in [-0.05, 0) is 13.8 Å². The Kier molecular flexibility index (Phi) is 1.68. The van der Waals surface area contributed by atoms with E-state index in [0.29, 0.717) is 11.3 Å². The van der Waals surface area contributed by atoms with Gasteiger partial charge in [0.05, 0.1) is 5.56 Å². The lowest BCUT2D eigenvalue weighted by Crippen LogP contribution is -2.26. The quantitative estimate of drug-likeness (QED) is 0.528. The van der Waals surface area contributed by atoms with E-state index in [2.05, 4.69) is 4.42 Å². The minimum absolute atomic E-state index is 0.479. The Bertz CT molecular complexity index is 351. The van der Waals surface area contributed by atoms with Gasteiger partial charge < -0.3 is 4.42 Å². The van der Waals surface area contributed by atoms with E-state index in [4.69, 9.17) is 0 Å². The van der Waals surface area contributed by atoms with Crippen LogP contribution in [0.1, 0.15) is 11.3 Å². The van der Waals surface area contributed by atoms with Gasteiger partial charge in [-0.2, -0.15) is 0 Å². The molecule has 0 spiro atoms. The molecule has 0 N–H and O–H groups in total. The molecule has 0 aliphatic carbocycles. The summed E-state index contributed by atoms with van der Waals surface area (Å²) in [5.74, 6) is -0.613. The van der Waals surface area contributed by atoms with Crippen LogP contribution in [0.2, 0.25) is 0 Å². The predicted octanol–water partition coefficient (Wildman–Crippen LogP) is -0.0447. The molecule has 11 heavy (non-hydrogen) atoms. The maximum absolute atomic E-state index is 10.8. The number of hydrogen-bond acceptors (Lipinski definition) is 3. The Balaban J connectivity index is 3.73. The minimum atomic E-state index is -0.613. The number of hydrogen-bond donors (Lipinski definition) is 0. The van der Waals surface area contributed by atoms with Crippen LogP contribution in [0.15, 0.2) is 14.0 Å². The van der Waals surface area contributed by atoms with Crippen LogP contribution in [0.4, 0.5) is 0 Å². The van der Waals surface area contributed by atoms with Crippen molar-refractivity contribution < 1.29 is 4.42 Å². The van der Waals surface area contributed by atoms with Gasteiger partial charge in [0.25, 0.3) is 0 Å². The van der Waals surface area contributed by atoms with Crippen LogP contribution in [-0.4, -0.2) is 4.57 Å². The standard InChI is InChI=1S/C7H9NO3/c1-4-5(2)8(3)7(10)11-6(4)9/h1-3H3. The molecule has 0 saturated heterocycles. The van der Waals surface area contributed by atoms with E-state index in [9.17, 15) is 9.59 Å². The van der Waals surface area contributed by atoms with Crippen LogP contribution in [0.3, 0.4) is 0 Å². The molecule has 0 aliphatic rings. The third kappa shape index (κ3) is 1.11. The summed E-state index contributed by atoms with van der Waals surface area (Å²) in [5, 5.41) is 0. The topological polar surface area (TPSA) is 52.2 Å². The third-order valence-electron chi connectivity index (χ3n) is 1.81. The van der Waals surface area contributed by atoms with Crippen molar-refractivity contribution >= 4 is 0 Å². The molecule has 1 heterocycles. The molecule has 1 aromatic heterocycles.